The smallest absolute Gasteiger partial charge is 0.276 e. The number of aromatic nitrogens is 2. The first kappa shape index (κ1) is 19.6. The zero-order chi connectivity index (χ0) is 21.2. The van der Waals surface area contributed by atoms with Crippen LogP contribution in [0.1, 0.15) is 34.2 Å². The van der Waals surface area contributed by atoms with Crippen LogP contribution in [-0.2, 0) is 6.61 Å². The Bertz CT molecular complexity index is 1230. The van der Waals surface area contributed by atoms with Gasteiger partial charge in [0.1, 0.15) is 12.4 Å². The number of rotatable bonds is 5. The minimum atomic E-state index is -0.129. The quantitative estimate of drug-likeness (QED) is 0.438. The molecule has 0 N–H and O–H groups in total. The van der Waals surface area contributed by atoms with Crippen molar-refractivity contribution < 1.29 is 14.1 Å². The molecule has 6 nitrogen and oxygen atoms in total. The Balaban J connectivity index is 1.24. The molecule has 1 amide bonds. The van der Waals surface area contributed by atoms with E-state index in [-0.39, 0.29) is 18.4 Å². The molecule has 1 aliphatic heterocycles. The molecule has 3 heterocycles. The van der Waals surface area contributed by atoms with Crippen molar-refractivity contribution in [1.29, 1.82) is 0 Å². The Labute approximate surface area is 184 Å². The van der Waals surface area contributed by atoms with E-state index < -0.39 is 0 Å². The summed E-state index contributed by atoms with van der Waals surface area (Å²) in [5, 5.41) is 6.65. The number of nitrogens with zero attached hydrogens (tertiary/aromatic N) is 3. The van der Waals surface area contributed by atoms with Crippen molar-refractivity contribution in [2.24, 2.45) is 0 Å². The summed E-state index contributed by atoms with van der Waals surface area (Å²) in [6.07, 6.45) is 4.42. The fourth-order valence-electron chi connectivity index (χ4n) is 3.99. The third-order valence-electron chi connectivity index (χ3n) is 5.58. The van der Waals surface area contributed by atoms with Crippen LogP contribution in [-0.4, -0.2) is 34.0 Å². The van der Waals surface area contributed by atoms with Crippen molar-refractivity contribution in [3.05, 3.63) is 89.0 Å². The van der Waals surface area contributed by atoms with Crippen LogP contribution in [0.4, 0.5) is 0 Å². The Morgan fingerprint density at radius 1 is 1.19 bits per heavy atom. The predicted octanol–water partition coefficient (Wildman–Crippen LogP) is 5.08. The number of ether oxygens (including phenoxy) is 1. The van der Waals surface area contributed by atoms with Gasteiger partial charge in [0.25, 0.3) is 5.91 Å². The molecule has 1 atom stereocenters. The van der Waals surface area contributed by atoms with Crippen LogP contribution in [0, 0.1) is 0 Å². The van der Waals surface area contributed by atoms with Crippen molar-refractivity contribution in [2.75, 3.05) is 13.1 Å². The minimum Gasteiger partial charge on any atom is -0.485 e. The average Bonchev–Trinajstić information content (AvgIpc) is 3.47. The largest absolute Gasteiger partial charge is 0.485 e. The molecule has 7 heteroatoms. The standard InChI is InChI=1S/C24H20ClN3O3/c25-19-5-1-3-16(11-19)18-8-10-28(14-18)24(29)22-12-20(31-27-22)15-30-23-6-2-4-17-13-26-9-7-21(17)23/h1-7,9,11-13,18H,8,10,14-15H2. The van der Waals surface area contributed by atoms with Gasteiger partial charge in [0.15, 0.2) is 11.5 Å². The molecule has 4 aromatic rings. The Morgan fingerprint density at radius 3 is 3.00 bits per heavy atom. The number of hydrogen-bond donors (Lipinski definition) is 0. The number of carbonyl (C=O) groups is 1. The Hall–Kier alpha value is -3.38. The van der Waals surface area contributed by atoms with Crippen molar-refractivity contribution in [3.8, 4) is 5.75 Å². The van der Waals surface area contributed by atoms with Crippen LogP contribution in [0.3, 0.4) is 0 Å². The Kier molecular flexibility index (Phi) is 5.30. The van der Waals surface area contributed by atoms with Crippen molar-refractivity contribution >= 4 is 28.3 Å². The number of fused-ring (bicyclic) bond motifs is 1. The lowest BCUT2D eigenvalue weighted by Crippen LogP contribution is -2.28. The zero-order valence-corrected chi connectivity index (χ0v) is 17.5. The van der Waals surface area contributed by atoms with Gasteiger partial charge in [-0.05, 0) is 36.2 Å². The number of pyridine rings is 1. The molecule has 2 aromatic carbocycles. The van der Waals surface area contributed by atoms with Crippen LogP contribution >= 0.6 is 11.6 Å². The second kappa shape index (κ2) is 8.40. The maximum Gasteiger partial charge on any atom is 0.276 e. The van der Waals surface area contributed by atoms with Crippen molar-refractivity contribution in [3.63, 3.8) is 0 Å². The fraction of sp³-hybridized carbons (Fsp3) is 0.208. The summed E-state index contributed by atoms with van der Waals surface area (Å²) in [6, 6.07) is 17.2. The zero-order valence-electron chi connectivity index (χ0n) is 16.7. The summed E-state index contributed by atoms with van der Waals surface area (Å²) in [5.41, 5.74) is 1.45. The first-order valence-corrected chi connectivity index (χ1v) is 10.5. The van der Waals surface area contributed by atoms with Crippen LogP contribution in [0.15, 0.2) is 71.5 Å². The molecule has 2 aromatic heterocycles. The molecule has 0 spiro atoms. The van der Waals surface area contributed by atoms with Gasteiger partial charge in [-0.3, -0.25) is 9.78 Å². The highest BCUT2D eigenvalue weighted by atomic mass is 35.5. The van der Waals surface area contributed by atoms with E-state index in [2.05, 4.69) is 16.2 Å². The molecule has 1 fully saturated rings. The molecule has 1 aliphatic rings. The van der Waals surface area contributed by atoms with E-state index in [1.54, 1.807) is 18.5 Å². The molecule has 156 valence electrons. The van der Waals surface area contributed by atoms with Crippen molar-refractivity contribution in [1.82, 2.24) is 15.0 Å². The first-order chi connectivity index (χ1) is 15.2. The number of halogens is 1. The summed E-state index contributed by atoms with van der Waals surface area (Å²) in [7, 11) is 0. The maximum atomic E-state index is 12.9. The molecule has 1 saturated heterocycles. The fourth-order valence-corrected chi connectivity index (χ4v) is 4.19. The van der Waals surface area contributed by atoms with Gasteiger partial charge < -0.3 is 14.2 Å². The summed E-state index contributed by atoms with van der Waals surface area (Å²) < 4.78 is 11.3. The SMILES string of the molecule is O=C(c1cc(COc2cccc3cnccc23)on1)N1CCC(c2cccc(Cl)c2)C1. The molecule has 5 rings (SSSR count). The number of amides is 1. The van der Waals surface area contributed by atoms with E-state index in [4.69, 9.17) is 20.9 Å². The summed E-state index contributed by atoms with van der Waals surface area (Å²) in [6.45, 7) is 1.51. The minimum absolute atomic E-state index is 0.129. The van der Waals surface area contributed by atoms with E-state index in [9.17, 15) is 4.79 Å². The molecular weight excluding hydrogens is 414 g/mol. The second-order valence-electron chi connectivity index (χ2n) is 7.61. The highest BCUT2D eigenvalue weighted by Gasteiger charge is 2.29. The number of carbonyl (C=O) groups excluding carboxylic acids is 1. The Morgan fingerprint density at radius 2 is 2.10 bits per heavy atom. The molecule has 0 saturated carbocycles. The van der Waals surface area contributed by atoms with Crippen LogP contribution in [0.2, 0.25) is 5.02 Å². The lowest BCUT2D eigenvalue weighted by molar-refractivity contribution is 0.0780. The highest BCUT2D eigenvalue weighted by Crippen LogP contribution is 2.30. The van der Waals surface area contributed by atoms with Gasteiger partial charge in [-0.2, -0.15) is 0 Å². The first-order valence-electron chi connectivity index (χ1n) is 10.1. The monoisotopic (exact) mass is 433 g/mol. The van der Waals surface area contributed by atoms with Crippen LogP contribution < -0.4 is 4.74 Å². The normalized spacial score (nSPS) is 16.0. The van der Waals surface area contributed by atoms with Gasteiger partial charge in [0.05, 0.1) is 0 Å². The van der Waals surface area contributed by atoms with Crippen molar-refractivity contribution in [2.45, 2.75) is 18.9 Å². The molecule has 0 aliphatic carbocycles. The highest BCUT2D eigenvalue weighted by molar-refractivity contribution is 6.30. The lowest BCUT2D eigenvalue weighted by atomic mass is 9.99. The summed E-state index contributed by atoms with van der Waals surface area (Å²) in [5.74, 6) is 1.38. The average molecular weight is 434 g/mol. The van der Waals surface area contributed by atoms with E-state index in [1.165, 1.54) is 0 Å². The predicted molar refractivity (Wildman–Crippen MR) is 117 cm³/mol. The van der Waals surface area contributed by atoms with Crippen LogP contribution in [0.5, 0.6) is 5.75 Å². The molecular formula is C24H20ClN3O3. The number of hydrogen-bond acceptors (Lipinski definition) is 5. The summed E-state index contributed by atoms with van der Waals surface area (Å²) in [4.78, 5) is 18.8. The lowest BCUT2D eigenvalue weighted by Gasteiger charge is -2.15. The van der Waals surface area contributed by atoms with E-state index in [0.29, 0.717) is 29.6 Å². The molecule has 1 unspecified atom stereocenters. The third-order valence-corrected chi connectivity index (χ3v) is 5.82. The van der Waals surface area contributed by atoms with Gasteiger partial charge in [0.2, 0.25) is 0 Å². The molecule has 0 bridgehead atoms. The van der Waals surface area contributed by atoms with Gasteiger partial charge in [-0.15, -0.1) is 0 Å². The molecule has 0 radical (unpaired) electrons. The topological polar surface area (TPSA) is 68.5 Å². The van der Waals surface area contributed by atoms with Gasteiger partial charge in [-0.1, -0.05) is 41.0 Å². The summed E-state index contributed by atoms with van der Waals surface area (Å²) >= 11 is 6.11. The van der Waals surface area contributed by atoms with E-state index in [0.717, 1.165) is 28.5 Å². The van der Waals surface area contributed by atoms with E-state index >= 15 is 0 Å². The van der Waals surface area contributed by atoms with Crippen LogP contribution in [0.25, 0.3) is 10.8 Å². The maximum absolute atomic E-state index is 12.9. The number of benzene rings is 2. The second-order valence-corrected chi connectivity index (χ2v) is 8.05. The third kappa shape index (κ3) is 4.11. The van der Waals surface area contributed by atoms with Gasteiger partial charge >= 0.3 is 0 Å². The van der Waals surface area contributed by atoms with E-state index in [1.807, 2.05) is 47.4 Å². The van der Waals surface area contributed by atoms with Gasteiger partial charge in [0, 0.05) is 53.3 Å². The van der Waals surface area contributed by atoms with Gasteiger partial charge in [-0.25, -0.2) is 0 Å². The molecule has 31 heavy (non-hydrogen) atoms. The number of likely N-dealkylation sites (tertiary alicyclic amines) is 1.